The number of fused-ring (bicyclic) bond motifs is 2. The van der Waals surface area contributed by atoms with Gasteiger partial charge >= 0.3 is 5.97 Å². The second-order valence-corrected chi connectivity index (χ2v) is 4.00. The van der Waals surface area contributed by atoms with E-state index in [0.717, 1.165) is 0 Å². The quantitative estimate of drug-likeness (QED) is 0.641. The minimum Gasteiger partial charge on any atom is -0.478 e. The molecule has 0 amide bonds. The highest BCUT2D eigenvalue weighted by atomic mass is 16.4. The van der Waals surface area contributed by atoms with Crippen LogP contribution in [0.1, 0.15) is 10.4 Å². The number of para-hydroxylation sites is 1. The minimum absolute atomic E-state index is 0.0289. The van der Waals surface area contributed by atoms with E-state index in [9.17, 15) is 9.59 Å². The fraction of sp³-hybridized carbons (Fsp3) is 0. The number of nitrogen functional groups attached to an aromatic ring is 1. The van der Waals surface area contributed by atoms with Gasteiger partial charge in [0.25, 0.3) is 0 Å². The fourth-order valence-electron chi connectivity index (χ4n) is 1.91. The Morgan fingerprint density at radius 2 is 2.00 bits per heavy atom. The van der Waals surface area contributed by atoms with E-state index in [0.29, 0.717) is 11.0 Å². The number of rotatable bonds is 1. The van der Waals surface area contributed by atoms with Crippen molar-refractivity contribution in [3.8, 4) is 0 Å². The second kappa shape index (κ2) is 3.81. The zero-order valence-electron chi connectivity index (χ0n) is 9.58. The third kappa shape index (κ3) is 1.61. The Kier molecular flexibility index (Phi) is 2.25. The van der Waals surface area contributed by atoms with Crippen LogP contribution in [0.3, 0.4) is 0 Å². The predicted octanol–water partition coefficient (Wildman–Crippen LogP) is 1.62. The van der Waals surface area contributed by atoms with Gasteiger partial charge in [-0.15, -0.1) is 0 Å². The summed E-state index contributed by atoms with van der Waals surface area (Å²) in [6.45, 7) is 0. The summed E-state index contributed by atoms with van der Waals surface area (Å²) >= 11 is 0. The number of nitrogens with two attached hydrogens (primary N) is 1. The highest BCUT2D eigenvalue weighted by Gasteiger charge is 2.15. The molecule has 19 heavy (non-hydrogen) atoms. The third-order valence-electron chi connectivity index (χ3n) is 2.81. The first-order valence-corrected chi connectivity index (χ1v) is 5.43. The zero-order valence-corrected chi connectivity index (χ0v) is 9.58. The van der Waals surface area contributed by atoms with Crippen molar-refractivity contribution < 1.29 is 14.3 Å². The molecule has 2 aromatic heterocycles. The maximum absolute atomic E-state index is 12.2. The van der Waals surface area contributed by atoms with Gasteiger partial charge < -0.3 is 15.3 Å². The summed E-state index contributed by atoms with van der Waals surface area (Å²) in [5, 5.41) is 9.35. The molecule has 3 aromatic rings. The summed E-state index contributed by atoms with van der Waals surface area (Å²) in [5.41, 5.74) is 5.52. The van der Waals surface area contributed by atoms with Gasteiger partial charge in [0.05, 0.1) is 5.39 Å². The van der Waals surface area contributed by atoms with Crippen LogP contribution in [-0.2, 0) is 0 Å². The van der Waals surface area contributed by atoms with E-state index < -0.39 is 5.97 Å². The lowest BCUT2D eigenvalue weighted by Gasteiger charge is -2.04. The number of hydrogen-bond donors (Lipinski definition) is 2. The second-order valence-electron chi connectivity index (χ2n) is 4.00. The number of nitrogens with zero attached hydrogens (tertiary/aromatic N) is 1. The van der Waals surface area contributed by atoms with Crippen LogP contribution < -0.4 is 11.2 Å². The molecule has 3 N–H and O–H groups in total. The smallest absolute Gasteiger partial charge is 0.339 e. The molecule has 0 bridgehead atoms. The van der Waals surface area contributed by atoms with E-state index in [1.165, 1.54) is 6.07 Å². The average Bonchev–Trinajstić information content (AvgIpc) is 2.39. The molecule has 0 aliphatic rings. The first-order valence-electron chi connectivity index (χ1n) is 5.43. The number of pyridine rings is 1. The average molecular weight is 256 g/mol. The highest BCUT2D eigenvalue weighted by molar-refractivity contribution is 5.97. The zero-order chi connectivity index (χ0) is 13.6. The molecule has 6 heteroatoms. The van der Waals surface area contributed by atoms with Crippen molar-refractivity contribution in [2.24, 2.45) is 0 Å². The Labute approximate surface area is 106 Å². The standard InChI is InChI=1S/C13H8N2O4/c14-12-7(13(17)18)5-9-10(15-12)11(16)6-3-1-2-4-8(6)19-9/h1-5H,(H2,14,15)(H,17,18). The lowest BCUT2D eigenvalue weighted by atomic mass is 10.2. The van der Waals surface area contributed by atoms with E-state index in [-0.39, 0.29) is 27.9 Å². The Morgan fingerprint density at radius 3 is 2.74 bits per heavy atom. The number of benzene rings is 1. The van der Waals surface area contributed by atoms with Gasteiger partial charge in [-0.1, -0.05) is 12.1 Å². The monoisotopic (exact) mass is 256 g/mol. The van der Waals surface area contributed by atoms with E-state index in [2.05, 4.69) is 4.98 Å². The number of carboxylic acids is 1. The van der Waals surface area contributed by atoms with Crippen LogP contribution in [0.15, 0.2) is 39.5 Å². The summed E-state index contributed by atoms with van der Waals surface area (Å²) < 4.78 is 5.49. The van der Waals surface area contributed by atoms with Crippen LogP contribution in [0.25, 0.3) is 22.1 Å². The molecule has 2 heterocycles. The molecule has 0 aliphatic carbocycles. The molecule has 0 spiro atoms. The van der Waals surface area contributed by atoms with Crippen LogP contribution in [0.5, 0.6) is 0 Å². The fourth-order valence-corrected chi connectivity index (χ4v) is 1.91. The van der Waals surface area contributed by atoms with Gasteiger partial charge in [-0.3, -0.25) is 4.79 Å². The molecule has 0 aliphatic heterocycles. The lowest BCUT2D eigenvalue weighted by molar-refractivity contribution is 0.0697. The van der Waals surface area contributed by atoms with E-state index in [1.807, 2.05) is 0 Å². The lowest BCUT2D eigenvalue weighted by Crippen LogP contribution is -2.10. The van der Waals surface area contributed by atoms with Crippen molar-refractivity contribution in [1.29, 1.82) is 0 Å². The van der Waals surface area contributed by atoms with Crippen LogP contribution in [0.4, 0.5) is 5.82 Å². The van der Waals surface area contributed by atoms with E-state index in [1.54, 1.807) is 24.3 Å². The Balaban J connectivity index is 2.52. The SMILES string of the molecule is Nc1nc2c(=O)c3ccccc3oc2cc1C(=O)O. The molecule has 0 fully saturated rings. The van der Waals surface area contributed by atoms with Crippen molar-refractivity contribution in [3.63, 3.8) is 0 Å². The van der Waals surface area contributed by atoms with Gasteiger partial charge in [0.15, 0.2) is 11.1 Å². The van der Waals surface area contributed by atoms with Crippen molar-refractivity contribution in [2.45, 2.75) is 0 Å². The largest absolute Gasteiger partial charge is 0.478 e. The van der Waals surface area contributed by atoms with Crippen molar-refractivity contribution >= 4 is 33.9 Å². The summed E-state index contributed by atoms with van der Waals surface area (Å²) in [6.07, 6.45) is 0. The molecule has 3 rings (SSSR count). The van der Waals surface area contributed by atoms with Crippen LogP contribution in [0, 0.1) is 0 Å². The van der Waals surface area contributed by atoms with E-state index in [4.69, 9.17) is 15.3 Å². The number of anilines is 1. The molecule has 0 saturated carbocycles. The van der Waals surface area contributed by atoms with Crippen LogP contribution in [-0.4, -0.2) is 16.1 Å². The normalized spacial score (nSPS) is 10.9. The van der Waals surface area contributed by atoms with Crippen LogP contribution in [0.2, 0.25) is 0 Å². The Hall–Kier alpha value is -2.89. The van der Waals surface area contributed by atoms with Gasteiger partial charge in [0, 0.05) is 6.07 Å². The minimum atomic E-state index is -1.22. The van der Waals surface area contributed by atoms with Crippen molar-refractivity contribution in [2.75, 3.05) is 5.73 Å². The third-order valence-corrected chi connectivity index (χ3v) is 2.81. The first kappa shape index (κ1) is 11.2. The molecule has 0 radical (unpaired) electrons. The van der Waals surface area contributed by atoms with Gasteiger partial charge in [0.2, 0.25) is 5.43 Å². The molecular formula is C13H8N2O4. The number of aromatic carboxylic acids is 1. The Bertz CT molecular complexity index is 883. The first-order chi connectivity index (χ1) is 9.08. The van der Waals surface area contributed by atoms with Gasteiger partial charge in [-0.05, 0) is 12.1 Å². The molecule has 94 valence electrons. The molecule has 6 nitrogen and oxygen atoms in total. The number of carbonyl (C=O) groups is 1. The van der Waals surface area contributed by atoms with Crippen molar-refractivity contribution in [1.82, 2.24) is 4.98 Å². The van der Waals surface area contributed by atoms with Gasteiger partial charge in [-0.2, -0.15) is 0 Å². The number of aromatic nitrogens is 1. The van der Waals surface area contributed by atoms with Crippen molar-refractivity contribution in [3.05, 3.63) is 46.1 Å². The topological polar surface area (TPSA) is 106 Å². The number of carboxylic acid groups (broad SMARTS) is 1. The van der Waals surface area contributed by atoms with E-state index >= 15 is 0 Å². The maximum Gasteiger partial charge on any atom is 0.339 e. The summed E-state index contributed by atoms with van der Waals surface area (Å²) in [7, 11) is 0. The Morgan fingerprint density at radius 1 is 1.26 bits per heavy atom. The molecule has 1 aromatic carbocycles. The summed E-state index contributed by atoms with van der Waals surface area (Å²) in [6, 6.07) is 7.89. The molecule has 0 atom stereocenters. The van der Waals surface area contributed by atoms with Gasteiger partial charge in [-0.25, -0.2) is 9.78 Å². The summed E-state index contributed by atoms with van der Waals surface area (Å²) in [5.74, 6) is -1.43. The molecular weight excluding hydrogens is 248 g/mol. The maximum atomic E-state index is 12.2. The molecule has 0 unspecified atom stereocenters. The highest BCUT2D eigenvalue weighted by Crippen LogP contribution is 2.20. The van der Waals surface area contributed by atoms with Crippen LogP contribution >= 0.6 is 0 Å². The number of hydrogen-bond acceptors (Lipinski definition) is 5. The summed E-state index contributed by atoms with van der Waals surface area (Å²) in [4.78, 5) is 27.0. The molecule has 0 saturated heterocycles. The van der Waals surface area contributed by atoms with Gasteiger partial charge in [0.1, 0.15) is 17.0 Å². The predicted molar refractivity (Wildman–Crippen MR) is 69.2 cm³/mol.